The van der Waals surface area contributed by atoms with E-state index in [1.165, 1.54) is 4.31 Å². The molecule has 4 rings (SSSR count). The van der Waals surface area contributed by atoms with Gasteiger partial charge >= 0.3 is 0 Å². The third-order valence-corrected chi connectivity index (χ3v) is 7.91. The summed E-state index contributed by atoms with van der Waals surface area (Å²) in [6.45, 7) is 14.5. The summed E-state index contributed by atoms with van der Waals surface area (Å²) in [6, 6.07) is 4.82. The largest absolute Gasteiger partial charge is 0.493 e. The molecule has 35 heavy (non-hydrogen) atoms. The van der Waals surface area contributed by atoms with Crippen LogP contribution in [0.4, 0.5) is 0 Å². The molecule has 1 aliphatic heterocycles. The Morgan fingerprint density at radius 2 is 1.80 bits per heavy atom. The highest BCUT2D eigenvalue weighted by Gasteiger charge is 2.29. The zero-order valence-corrected chi connectivity index (χ0v) is 22.4. The van der Waals surface area contributed by atoms with E-state index in [9.17, 15) is 8.42 Å². The van der Waals surface area contributed by atoms with Crippen LogP contribution in [0.3, 0.4) is 0 Å². The topological polar surface area (TPSA) is 92.9 Å². The number of benzene rings is 1. The van der Waals surface area contributed by atoms with Crippen molar-refractivity contribution in [1.29, 1.82) is 0 Å². The van der Waals surface area contributed by atoms with Gasteiger partial charge in [0.2, 0.25) is 10.0 Å². The molecule has 0 radical (unpaired) electrons. The van der Waals surface area contributed by atoms with Crippen molar-refractivity contribution in [3.63, 3.8) is 0 Å². The van der Waals surface area contributed by atoms with Crippen LogP contribution < -0.4 is 4.74 Å². The van der Waals surface area contributed by atoms with E-state index in [0.717, 1.165) is 24.4 Å². The van der Waals surface area contributed by atoms with Gasteiger partial charge in [-0.3, -0.25) is 0 Å². The summed E-state index contributed by atoms with van der Waals surface area (Å²) < 4.78 is 35.7. The van der Waals surface area contributed by atoms with Crippen molar-refractivity contribution >= 4 is 27.1 Å². The average molecular weight is 521 g/mol. The number of hydrogen-bond acceptors (Lipinski definition) is 7. The Labute approximate surface area is 212 Å². The number of sulfonamides is 1. The molecule has 0 amide bonds. The van der Waals surface area contributed by atoms with Gasteiger partial charge in [0, 0.05) is 32.6 Å². The normalized spacial score (nSPS) is 15.1. The third kappa shape index (κ3) is 5.50. The van der Waals surface area contributed by atoms with E-state index in [1.54, 1.807) is 22.7 Å². The highest BCUT2D eigenvalue weighted by Crippen LogP contribution is 2.33. The van der Waals surface area contributed by atoms with Crippen LogP contribution in [0, 0.1) is 6.92 Å². The van der Waals surface area contributed by atoms with Gasteiger partial charge in [0.15, 0.2) is 11.0 Å². The molecule has 0 bridgehead atoms. The van der Waals surface area contributed by atoms with E-state index in [0.29, 0.717) is 55.4 Å². The zero-order valence-electron chi connectivity index (χ0n) is 20.8. The minimum Gasteiger partial charge on any atom is -0.493 e. The van der Waals surface area contributed by atoms with Gasteiger partial charge in [-0.05, 0) is 45.5 Å². The molecule has 0 saturated carbocycles. The van der Waals surface area contributed by atoms with Crippen molar-refractivity contribution in [2.75, 3.05) is 39.8 Å². The van der Waals surface area contributed by atoms with E-state index >= 15 is 0 Å². The minimum absolute atomic E-state index is 0.181. The smallest absolute Gasteiger partial charge is 0.243 e. The summed E-state index contributed by atoms with van der Waals surface area (Å²) in [5.41, 5.74) is 1.89. The lowest BCUT2D eigenvalue weighted by atomic mass is 10.2. The van der Waals surface area contributed by atoms with Crippen molar-refractivity contribution in [2.45, 2.75) is 38.5 Å². The van der Waals surface area contributed by atoms with Crippen LogP contribution in [-0.4, -0.2) is 77.0 Å². The summed E-state index contributed by atoms with van der Waals surface area (Å²) in [7, 11) is -1.68. The van der Waals surface area contributed by atoms with E-state index in [1.807, 2.05) is 20.9 Å². The Hall–Kier alpha value is -2.53. The van der Waals surface area contributed by atoms with Crippen molar-refractivity contribution in [3.05, 3.63) is 48.0 Å². The van der Waals surface area contributed by atoms with Crippen molar-refractivity contribution in [2.24, 2.45) is 0 Å². The van der Waals surface area contributed by atoms with E-state index < -0.39 is 10.0 Å². The lowest BCUT2D eigenvalue weighted by Crippen LogP contribution is -2.47. The number of halogens is 1. The molecule has 0 atom stereocenters. The number of aryl methyl sites for hydroxylation is 2. The molecule has 1 saturated heterocycles. The molecule has 9 nitrogen and oxygen atoms in total. The minimum atomic E-state index is -3.67. The number of fused-ring (bicyclic) bond motifs is 1. The van der Waals surface area contributed by atoms with E-state index in [-0.39, 0.29) is 10.0 Å². The number of nitrogens with zero attached hydrogens (tertiary/aromatic N) is 6. The Morgan fingerprint density at radius 3 is 2.43 bits per heavy atom. The first kappa shape index (κ1) is 27.1. The van der Waals surface area contributed by atoms with Gasteiger partial charge in [0.05, 0.1) is 22.8 Å². The molecular weight excluding hydrogens is 488 g/mol. The first-order chi connectivity index (χ1) is 16.8. The second-order valence-electron chi connectivity index (χ2n) is 8.15. The maximum absolute atomic E-state index is 13.4. The highest BCUT2D eigenvalue weighted by molar-refractivity contribution is 7.89. The Balaban J connectivity index is 0.00000167. The van der Waals surface area contributed by atoms with Crippen LogP contribution in [-0.2, 0) is 16.4 Å². The quantitative estimate of drug-likeness (QED) is 0.437. The Bertz CT molecular complexity index is 1290. The van der Waals surface area contributed by atoms with Gasteiger partial charge in [0.25, 0.3) is 0 Å². The first-order valence-electron chi connectivity index (χ1n) is 11.6. The van der Waals surface area contributed by atoms with Crippen LogP contribution in [0.1, 0.15) is 31.8 Å². The van der Waals surface area contributed by atoms with Gasteiger partial charge in [-0.25, -0.2) is 22.9 Å². The fraction of sp³-hybridized carbons (Fsp3) is 0.458. The molecule has 3 heterocycles. The monoisotopic (exact) mass is 520 g/mol. The summed E-state index contributed by atoms with van der Waals surface area (Å²) in [5, 5.41) is 4.96. The molecule has 0 spiro atoms. The average Bonchev–Trinajstić information content (AvgIpc) is 3.16. The van der Waals surface area contributed by atoms with Crippen LogP contribution >= 0.6 is 11.6 Å². The lowest BCUT2D eigenvalue weighted by Gasteiger charge is -2.31. The van der Waals surface area contributed by atoms with Crippen LogP contribution in [0.2, 0.25) is 5.15 Å². The molecule has 1 aromatic carbocycles. The molecule has 1 aliphatic rings. The molecule has 0 N–H and O–H groups in total. The van der Waals surface area contributed by atoms with E-state index in [2.05, 4.69) is 34.9 Å². The van der Waals surface area contributed by atoms with Gasteiger partial charge in [-0.2, -0.15) is 4.31 Å². The Morgan fingerprint density at radius 1 is 1.11 bits per heavy atom. The maximum atomic E-state index is 13.4. The number of piperazine rings is 1. The number of likely N-dealkylation sites (N-methyl/N-ethyl adjacent to an activating group) is 1. The molecular formula is C24H33ClN6O3S. The SMILES string of the molecule is C=C.CCCc1nc(C)c2c(Cl)nc(-c3cc(S(=O)(=O)N4CCN(C)CC4)ccc3OCC)nn12. The maximum Gasteiger partial charge on any atom is 0.243 e. The third-order valence-electron chi connectivity index (χ3n) is 5.76. The molecule has 0 aliphatic carbocycles. The molecule has 3 aromatic rings. The molecule has 0 unspecified atom stereocenters. The van der Waals surface area contributed by atoms with Crippen LogP contribution in [0.25, 0.3) is 16.9 Å². The van der Waals surface area contributed by atoms with Gasteiger partial charge in [-0.15, -0.1) is 18.3 Å². The van der Waals surface area contributed by atoms with Crippen molar-refractivity contribution < 1.29 is 13.2 Å². The molecule has 11 heteroatoms. The first-order valence-corrected chi connectivity index (χ1v) is 13.5. The van der Waals surface area contributed by atoms with Gasteiger partial charge < -0.3 is 9.64 Å². The second kappa shape index (κ2) is 11.5. The van der Waals surface area contributed by atoms with Gasteiger partial charge in [0.1, 0.15) is 17.1 Å². The predicted octanol–water partition coefficient (Wildman–Crippen LogP) is 3.84. The van der Waals surface area contributed by atoms with Crippen molar-refractivity contribution in [1.82, 2.24) is 28.8 Å². The van der Waals surface area contributed by atoms with E-state index in [4.69, 9.17) is 21.4 Å². The second-order valence-corrected chi connectivity index (χ2v) is 10.4. The summed E-state index contributed by atoms with van der Waals surface area (Å²) in [6.07, 6.45) is 1.64. The van der Waals surface area contributed by atoms with Crippen LogP contribution in [0.15, 0.2) is 36.3 Å². The standard InChI is InChI=1S/C22H29ClN6O3S.C2H4/c1-5-7-19-24-15(3)20-21(23)25-22(26-29(19)20)17-14-16(8-9-18(17)32-6-2)33(30,31)28-12-10-27(4)11-13-28;1-2/h8-9,14H,5-7,10-13H2,1-4H3;1-2H2. The Kier molecular flexibility index (Phi) is 8.87. The number of imidazole rings is 1. The molecule has 2 aromatic heterocycles. The highest BCUT2D eigenvalue weighted by atomic mass is 35.5. The fourth-order valence-electron chi connectivity index (χ4n) is 3.99. The fourth-order valence-corrected chi connectivity index (χ4v) is 5.73. The zero-order chi connectivity index (χ0) is 25.8. The van der Waals surface area contributed by atoms with Gasteiger partial charge in [-0.1, -0.05) is 18.5 Å². The number of ether oxygens (including phenoxy) is 1. The summed E-state index contributed by atoms with van der Waals surface area (Å²) >= 11 is 6.54. The number of rotatable bonds is 7. The molecule has 1 fully saturated rings. The molecule has 190 valence electrons. The summed E-state index contributed by atoms with van der Waals surface area (Å²) in [4.78, 5) is 11.4. The summed E-state index contributed by atoms with van der Waals surface area (Å²) in [5.74, 6) is 1.58. The lowest BCUT2D eigenvalue weighted by molar-refractivity contribution is 0.222. The van der Waals surface area contributed by atoms with Crippen molar-refractivity contribution in [3.8, 4) is 17.1 Å². The van der Waals surface area contributed by atoms with Crippen LogP contribution in [0.5, 0.6) is 5.75 Å². The number of aromatic nitrogens is 4. The predicted molar refractivity (Wildman–Crippen MR) is 139 cm³/mol. The number of hydrogen-bond donors (Lipinski definition) is 0.